The summed E-state index contributed by atoms with van der Waals surface area (Å²) in [6, 6.07) is 11.3. The maximum Gasteiger partial charge on any atom is 0.341 e. The van der Waals surface area contributed by atoms with Crippen molar-refractivity contribution in [3.63, 3.8) is 0 Å². The number of carbonyl (C=O) groups excluding carboxylic acids is 1. The number of aromatic nitrogens is 1. The molecule has 2 aromatic rings. The van der Waals surface area contributed by atoms with Gasteiger partial charge in [0, 0.05) is 17.4 Å². The zero-order chi connectivity index (χ0) is 13.0. The van der Waals surface area contributed by atoms with Crippen molar-refractivity contribution in [2.45, 2.75) is 6.92 Å². The Balaban J connectivity index is 2.34. The van der Waals surface area contributed by atoms with Crippen LogP contribution in [-0.2, 0) is 4.74 Å². The SMILES string of the molecule is CCOC(=O)c1cnc(-c2ccccc2)cc1N. The number of pyridine rings is 1. The van der Waals surface area contributed by atoms with Crippen LogP contribution in [0.4, 0.5) is 5.69 Å². The van der Waals surface area contributed by atoms with Crippen molar-refractivity contribution in [2.24, 2.45) is 0 Å². The van der Waals surface area contributed by atoms with Crippen LogP contribution in [0.2, 0.25) is 0 Å². The van der Waals surface area contributed by atoms with Crippen molar-refractivity contribution in [3.8, 4) is 11.3 Å². The van der Waals surface area contributed by atoms with Gasteiger partial charge in [-0.1, -0.05) is 30.3 Å². The number of esters is 1. The summed E-state index contributed by atoms with van der Waals surface area (Å²) < 4.78 is 4.90. The fraction of sp³-hybridized carbons (Fsp3) is 0.143. The number of hydrogen-bond acceptors (Lipinski definition) is 4. The highest BCUT2D eigenvalue weighted by Crippen LogP contribution is 2.21. The van der Waals surface area contributed by atoms with Crippen LogP contribution in [0, 0.1) is 0 Å². The summed E-state index contributed by atoms with van der Waals surface area (Å²) in [7, 11) is 0. The van der Waals surface area contributed by atoms with Crippen molar-refractivity contribution < 1.29 is 9.53 Å². The zero-order valence-electron chi connectivity index (χ0n) is 10.1. The summed E-state index contributed by atoms with van der Waals surface area (Å²) in [5.74, 6) is -0.442. The number of ether oxygens (including phenoxy) is 1. The van der Waals surface area contributed by atoms with E-state index in [4.69, 9.17) is 10.5 Å². The molecule has 0 radical (unpaired) electrons. The normalized spacial score (nSPS) is 10.1. The van der Waals surface area contributed by atoms with E-state index in [1.54, 1.807) is 13.0 Å². The molecule has 2 rings (SSSR count). The number of rotatable bonds is 3. The average Bonchev–Trinajstić information content (AvgIpc) is 2.40. The summed E-state index contributed by atoms with van der Waals surface area (Å²) in [5, 5.41) is 0. The maximum atomic E-state index is 11.6. The van der Waals surface area contributed by atoms with Crippen molar-refractivity contribution in [2.75, 3.05) is 12.3 Å². The predicted molar refractivity (Wildman–Crippen MR) is 70.0 cm³/mol. The summed E-state index contributed by atoms with van der Waals surface area (Å²) >= 11 is 0. The first-order chi connectivity index (χ1) is 8.72. The monoisotopic (exact) mass is 242 g/mol. The lowest BCUT2D eigenvalue weighted by Crippen LogP contribution is -2.08. The first-order valence-corrected chi connectivity index (χ1v) is 5.70. The highest BCUT2D eigenvalue weighted by molar-refractivity contribution is 5.95. The molecule has 0 atom stereocenters. The molecular weight excluding hydrogens is 228 g/mol. The van der Waals surface area contributed by atoms with Crippen LogP contribution in [0.1, 0.15) is 17.3 Å². The van der Waals surface area contributed by atoms with Gasteiger partial charge in [-0.2, -0.15) is 0 Å². The van der Waals surface area contributed by atoms with Gasteiger partial charge in [-0.25, -0.2) is 4.79 Å². The van der Waals surface area contributed by atoms with Crippen molar-refractivity contribution >= 4 is 11.7 Å². The molecule has 4 heteroatoms. The molecule has 1 aromatic heterocycles. The van der Waals surface area contributed by atoms with Crippen molar-refractivity contribution in [3.05, 3.63) is 48.2 Å². The van der Waals surface area contributed by atoms with E-state index in [0.717, 1.165) is 11.3 Å². The molecule has 0 amide bonds. The molecule has 1 heterocycles. The van der Waals surface area contributed by atoms with Crippen LogP contribution in [0.25, 0.3) is 11.3 Å². The molecule has 1 aromatic carbocycles. The largest absolute Gasteiger partial charge is 0.462 e. The molecule has 18 heavy (non-hydrogen) atoms. The number of anilines is 1. The summed E-state index contributed by atoms with van der Waals surface area (Å²) in [5.41, 5.74) is 8.22. The second-order valence-corrected chi connectivity index (χ2v) is 3.74. The van der Waals surface area contributed by atoms with E-state index in [9.17, 15) is 4.79 Å². The molecule has 0 fully saturated rings. The van der Waals surface area contributed by atoms with Gasteiger partial charge < -0.3 is 10.5 Å². The third-order valence-corrected chi connectivity index (χ3v) is 2.50. The van der Waals surface area contributed by atoms with Crippen LogP contribution < -0.4 is 5.73 Å². The van der Waals surface area contributed by atoms with Gasteiger partial charge in [0.15, 0.2) is 0 Å². The topological polar surface area (TPSA) is 65.2 Å². The van der Waals surface area contributed by atoms with Crippen LogP contribution in [0.15, 0.2) is 42.6 Å². The van der Waals surface area contributed by atoms with Crippen LogP contribution in [-0.4, -0.2) is 17.6 Å². The van der Waals surface area contributed by atoms with E-state index >= 15 is 0 Å². The minimum absolute atomic E-state index is 0.302. The Kier molecular flexibility index (Phi) is 3.57. The van der Waals surface area contributed by atoms with Crippen molar-refractivity contribution in [1.29, 1.82) is 0 Å². The lowest BCUT2D eigenvalue weighted by Gasteiger charge is -2.07. The Bertz CT molecular complexity index is 553. The van der Waals surface area contributed by atoms with Crippen LogP contribution in [0.5, 0.6) is 0 Å². The quantitative estimate of drug-likeness (QED) is 0.840. The molecular formula is C14H14N2O2. The third-order valence-electron chi connectivity index (χ3n) is 2.50. The molecule has 0 saturated carbocycles. The summed E-state index contributed by atoms with van der Waals surface area (Å²) in [4.78, 5) is 15.8. The standard InChI is InChI=1S/C14H14N2O2/c1-2-18-14(17)11-9-16-13(8-12(11)15)10-6-4-3-5-7-10/h3-9H,2H2,1H3,(H2,15,16). The van der Waals surface area contributed by atoms with E-state index in [1.165, 1.54) is 6.20 Å². The van der Waals surface area contributed by atoms with E-state index < -0.39 is 5.97 Å². The van der Waals surface area contributed by atoms with Crippen LogP contribution in [0.3, 0.4) is 0 Å². The minimum atomic E-state index is -0.442. The number of nitrogens with two attached hydrogens (primary N) is 1. The molecule has 0 bridgehead atoms. The Hall–Kier alpha value is -2.36. The van der Waals surface area contributed by atoms with E-state index in [0.29, 0.717) is 17.9 Å². The Morgan fingerprint density at radius 1 is 1.33 bits per heavy atom. The lowest BCUT2D eigenvalue weighted by atomic mass is 10.1. The van der Waals surface area contributed by atoms with Gasteiger partial charge in [-0.3, -0.25) is 4.98 Å². The van der Waals surface area contributed by atoms with Crippen molar-refractivity contribution in [1.82, 2.24) is 4.98 Å². The smallest absolute Gasteiger partial charge is 0.341 e. The van der Waals surface area contributed by atoms with E-state index in [2.05, 4.69) is 4.98 Å². The molecule has 0 aliphatic carbocycles. The highest BCUT2D eigenvalue weighted by Gasteiger charge is 2.12. The first-order valence-electron chi connectivity index (χ1n) is 5.70. The van der Waals surface area contributed by atoms with Gasteiger partial charge >= 0.3 is 5.97 Å². The Morgan fingerprint density at radius 3 is 2.67 bits per heavy atom. The Labute approximate surface area is 105 Å². The number of nitrogens with zero attached hydrogens (tertiary/aromatic N) is 1. The van der Waals surface area contributed by atoms with Gasteiger partial charge in [-0.15, -0.1) is 0 Å². The first kappa shape index (κ1) is 12.1. The third kappa shape index (κ3) is 2.48. The van der Waals surface area contributed by atoms with E-state index in [-0.39, 0.29) is 0 Å². The molecule has 0 aliphatic rings. The van der Waals surface area contributed by atoms with Gasteiger partial charge in [0.25, 0.3) is 0 Å². The number of nitrogen functional groups attached to an aromatic ring is 1. The van der Waals surface area contributed by atoms with Gasteiger partial charge in [-0.05, 0) is 13.0 Å². The molecule has 0 unspecified atom stereocenters. The maximum absolute atomic E-state index is 11.6. The molecule has 0 saturated heterocycles. The molecule has 0 aliphatic heterocycles. The highest BCUT2D eigenvalue weighted by atomic mass is 16.5. The lowest BCUT2D eigenvalue weighted by molar-refractivity contribution is 0.0527. The predicted octanol–water partition coefficient (Wildman–Crippen LogP) is 2.51. The number of carbonyl (C=O) groups is 1. The van der Waals surface area contributed by atoms with E-state index in [1.807, 2.05) is 30.3 Å². The van der Waals surface area contributed by atoms with Gasteiger partial charge in [0.2, 0.25) is 0 Å². The Morgan fingerprint density at radius 2 is 2.06 bits per heavy atom. The number of hydrogen-bond donors (Lipinski definition) is 1. The summed E-state index contributed by atoms with van der Waals surface area (Å²) in [6.07, 6.45) is 1.45. The fourth-order valence-electron chi connectivity index (χ4n) is 1.62. The summed E-state index contributed by atoms with van der Waals surface area (Å²) in [6.45, 7) is 2.07. The molecule has 92 valence electrons. The molecule has 4 nitrogen and oxygen atoms in total. The molecule has 0 spiro atoms. The van der Waals surface area contributed by atoms with Gasteiger partial charge in [0.1, 0.15) is 5.56 Å². The van der Waals surface area contributed by atoms with Gasteiger partial charge in [0.05, 0.1) is 12.3 Å². The second kappa shape index (κ2) is 5.31. The zero-order valence-corrected chi connectivity index (χ0v) is 10.1. The minimum Gasteiger partial charge on any atom is -0.462 e. The van der Waals surface area contributed by atoms with Crippen LogP contribution >= 0.6 is 0 Å². The average molecular weight is 242 g/mol. The number of benzene rings is 1. The molecule has 2 N–H and O–H groups in total. The second-order valence-electron chi connectivity index (χ2n) is 3.74. The fourth-order valence-corrected chi connectivity index (χ4v) is 1.62.